The predicted molar refractivity (Wildman–Crippen MR) is 34.3 cm³/mol. The second kappa shape index (κ2) is 3.02. The van der Waals surface area contributed by atoms with Gasteiger partial charge in [0.25, 0.3) is 0 Å². The van der Waals surface area contributed by atoms with Gasteiger partial charge in [0.15, 0.2) is 7.85 Å². The van der Waals surface area contributed by atoms with Crippen molar-refractivity contribution in [1.82, 2.24) is 0 Å². The van der Waals surface area contributed by atoms with Crippen molar-refractivity contribution in [3.63, 3.8) is 0 Å². The van der Waals surface area contributed by atoms with Crippen molar-refractivity contribution in [2.75, 3.05) is 13.2 Å². The SMILES string of the molecule is [B]C(=O)C1CCOCC1. The Labute approximate surface area is 56.0 Å². The Morgan fingerprint density at radius 1 is 1.44 bits per heavy atom. The third-order valence-electron chi connectivity index (χ3n) is 1.62. The largest absolute Gasteiger partial charge is 0.381 e. The molecule has 48 valence electrons. The second-order valence-electron chi connectivity index (χ2n) is 2.29. The Kier molecular flexibility index (Phi) is 2.28. The minimum absolute atomic E-state index is 0.0683. The van der Waals surface area contributed by atoms with Gasteiger partial charge in [0.1, 0.15) is 0 Å². The van der Waals surface area contributed by atoms with E-state index in [0.717, 1.165) is 12.8 Å². The number of hydrogen-bond acceptors (Lipinski definition) is 2. The van der Waals surface area contributed by atoms with E-state index in [4.69, 9.17) is 12.6 Å². The van der Waals surface area contributed by atoms with Crippen molar-refractivity contribution >= 4 is 13.5 Å². The molecular weight excluding hydrogens is 115 g/mol. The van der Waals surface area contributed by atoms with Crippen LogP contribution < -0.4 is 0 Å². The molecule has 1 heterocycles. The second-order valence-corrected chi connectivity index (χ2v) is 2.29. The highest BCUT2D eigenvalue weighted by Crippen LogP contribution is 2.13. The van der Waals surface area contributed by atoms with Crippen molar-refractivity contribution in [2.24, 2.45) is 5.92 Å². The van der Waals surface area contributed by atoms with Gasteiger partial charge in [-0.05, 0) is 12.8 Å². The number of carbonyl (C=O) groups excluding carboxylic acids is 1. The van der Waals surface area contributed by atoms with E-state index in [-0.39, 0.29) is 11.6 Å². The Morgan fingerprint density at radius 3 is 2.33 bits per heavy atom. The Bertz CT molecular complexity index is 108. The van der Waals surface area contributed by atoms with Gasteiger partial charge in [-0.2, -0.15) is 0 Å². The monoisotopic (exact) mass is 124 g/mol. The zero-order valence-electron chi connectivity index (χ0n) is 5.30. The van der Waals surface area contributed by atoms with Crippen LogP contribution in [-0.4, -0.2) is 26.7 Å². The van der Waals surface area contributed by atoms with Gasteiger partial charge in [-0.25, -0.2) is 0 Å². The van der Waals surface area contributed by atoms with Crippen molar-refractivity contribution in [2.45, 2.75) is 12.8 Å². The minimum atomic E-state index is -0.182. The molecule has 2 nitrogen and oxygen atoms in total. The van der Waals surface area contributed by atoms with Crippen LogP contribution >= 0.6 is 0 Å². The van der Waals surface area contributed by atoms with Crippen LogP contribution in [0.5, 0.6) is 0 Å². The van der Waals surface area contributed by atoms with Crippen molar-refractivity contribution < 1.29 is 9.53 Å². The van der Waals surface area contributed by atoms with E-state index in [0.29, 0.717) is 13.2 Å². The summed E-state index contributed by atoms with van der Waals surface area (Å²) >= 11 is 0. The van der Waals surface area contributed by atoms with Crippen molar-refractivity contribution in [3.8, 4) is 0 Å². The molecule has 2 radical (unpaired) electrons. The smallest absolute Gasteiger partial charge is 0.168 e. The molecule has 1 rings (SSSR count). The highest BCUT2D eigenvalue weighted by atomic mass is 16.5. The minimum Gasteiger partial charge on any atom is -0.381 e. The molecule has 0 unspecified atom stereocenters. The molecule has 0 aromatic heterocycles. The highest BCUT2D eigenvalue weighted by molar-refractivity contribution is 6.58. The summed E-state index contributed by atoms with van der Waals surface area (Å²) in [6.07, 6.45) is 1.60. The normalized spacial score (nSPS) is 21.8. The highest BCUT2D eigenvalue weighted by Gasteiger charge is 2.16. The number of hydrogen-bond donors (Lipinski definition) is 0. The molecule has 1 saturated heterocycles. The lowest BCUT2D eigenvalue weighted by atomic mass is 9.84. The number of ether oxygens (including phenoxy) is 1. The quantitative estimate of drug-likeness (QED) is 0.463. The standard InChI is InChI=1S/C6H9BO2/c7-6(8)5-1-3-9-4-2-5/h5H,1-4H2. The molecule has 1 aliphatic heterocycles. The third-order valence-corrected chi connectivity index (χ3v) is 1.62. The fourth-order valence-corrected chi connectivity index (χ4v) is 0.982. The van der Waals surface area contributed by atoms with Crippen LogP contribution in [-0.2, 0) is 9.53 Å². The zero-order valence-corrected chi connectivity index (χ0v) is 5.30. The molecule has 3 heteroatoms. The van der Waals surface area contributed by atoms with Gasteiger partial charge in [-0.1, -0.05) is 0 Å². The first-order chi connectivity index (χ1) is 4.30. The topological polar surface area (TPSA) is 26.3 Å². The van der Waals surface area contributed by atoms with E-state index >= 15 is 0 Å². The Morgan fingerprint density at radius 2 is 2.00 bits per heavy atom. The molecule has 0 aliphatic carbocycles. The summed E-state index contributed by atoms with van der Waals surface area (Å²) in [6.45, 7) is 1.38. The number of carbonyl (C=O) groups is 1. The van der Waals surface area contributed by atoms with Gasteiger partial charge < -0.3 is 9.53 Å². The lowest BCUT2D eigenvalue weighted by Crippen LogP contribution is -2.23. The average Bonchev–Trinajstić information content (AvgIpc) is 1.90. The van der Waals surface area contributed by atoms with E-state index in [1.807, 2.05) is 0 Å². The summed E-state index contributed by atoms with van der Waals surface area (Å²) in [5, 5.41) is 0. The van der Waals surface area contributed by atoms with Crippen LogP contribution in [0.3, 0.4) is 0 Å². The summed E-state index contributed by atoms with van der Waals surface area (Å²) in [6, 6.07) is 0. The molecule has 1 fully saturated rings. The van der Waals surface area contributed by atoms with Gasteiger partial charge in [0.2, 0.25) is 0 Å². The first kappa shape index (κ1) is 6.81. The summed E-state index contributed by atoms with van der Waals surface area (Å²) < 4.78 is 5.04. The van der Waals surface area contributed by atoms with E-state index in [2.05, 4.69) is 0 Å². The maximum absolute atomic E-state index is 10.5. The van der Waals surface area contributed by atoms with Crippen LogP contribution in [0.1, 0.15) is 12.8 Å². The summed E-state index contributed by atoms with van der Waals surface area (Å²) in [4.78, 5) is 10.5. The maximum Gasteiger partial charge on any atom is 0.168 e. The zero-order chi connectivity index (χ0) is 6.69. The van der Waals surface area contributed by atoms with Crippen LogP contribution in [0.2, 0.25) is 0 Å². The van der Waals surface area contributed by atoms with Gasteiger partial charge in [-0.3, -0.25) is 0 Å². The first-order valence-corrected chi connectivity index (χ1v) is 3.18. The summed E-state index contributed by atoms with van der Waals surface area (Å²) in [5.74, 6) is 0.0683. The number of rotatable bonds is 1. The van der Waals surface area contributed by atoms with E-state index in [9.17, 15) is 4.79 Å². The lowest BCUT2D eigenvalue weighted by Gasteiger charge is -2.19. The molecular formula is C6H9BO2. The van der Waals surface area contributed by atoms with Crippen LogP contribution in [0, 0.1) is 5.92 Å². The lowest BCUT2D eigenvalue weighted by molar-refractivity contribution is -0.117. The predicted octanol–water partition coefficient (Wildman–Crippen LogP) is 0.108. The van der Waals surface area contributed by atoms with Gasteiger partial charge in [0.05, 0.1) is 5.68 Å². The van der Waals surface area contributed by atoms with Crippen molar-refractivity contribution in [3.05, 3.63) is 0 Å². The average molecular weight is 124 g/mol. The van der Waals surface area contributed by atoms with Gasteiger partial charge in [0, 0.05) is 19.1 Å². The molecule has 0 atom stereocenters. The summed E-state index contributed by atoms with van der Waals surface area (Å²) in [5.41, 5.74) is -0.182. The maximum atomic E-state index is 10.5. The Balaban J connectivity index is 2.31. The summed E-state index contributed by atoms with van der Waals surface area (Å²) in [7, 11) is 5.07. The first-order valence-electron chi connectivity index (χ1n) is 3.18. The molecule has 9 heavy (non-hydrogen) atoms. The molecule has 0 aromatic rings. The Hall–Kier alpha value is -0.305. The molecule has 0 amide bonds. The molecule has 0 bridgehead atoms. The van der Waals surface area contributed by atoms with Gasteiger partial charge >= 0.3 is 0 Å². The van der Waals surface area contributed by atoms with Crippen molar-refractivity contribution in [1.29, 1.82) is 0 Å². The molecule has 0 spiro atoms. The van der Waals surface area contributed by atoms with Crippen LogP contribution in [0.25, 0.3) is 0 Å². The van der Waals surface area contributed by atoms with Gasteiger partial charge in [-0.15, -0.1) is 0 Å². The van der Waals surface area contributed by atoms with E-state index in [1.54, 1.807) is 0 Å². The fraction of sp³-hybridized carbons (Fsp3) is 0.833. The molecule has 0 N–H and O–H groups in total. The fourth-order valence-electron chi connectivity index (χ4n) is 0.982. The van der Waals surface area contributed by atoms with E-state index < -0.39 is 0 Å². The van der Waals surface area contributed by atoms with E-state index in [1.165, 1.54) is 0 Å². The van der Waals surface area contributed by atoms with Crippen LogP contribution in [0.4, 0.5) is 0 Å². The molecule has 1 aliphatic rings. The van der Waals surface area contributed by atoms with Crippen LogP contribution in [0.15, 0.2) is 0 Å². The third kappa shape index (κ3) is 1.82. The molecule has 0 aromatic carbocycles. The molecule has 0 saturated carbocycles.